The molecule has 3 aromatic rings. The van der Waals surface area contributed by atoms with E-state index in [4.69, 9.17) is 4.74 Å². The number of nitrogens with zero attached hydrogens (tertiary/aromatic N) is 1. The fraction of sp³-hybridized carbons (Fsp3) is 0.641. The molecule has 3 N–H and O–H groups in total. The third-order valence-corrected chi connectivity index (χ3v) is 11.6. The van der Waals surface area contributed by atoms with Crippen LogP contribution in [0.1, 0.15) is 120 Å². The number of carbonyl (C=O) groups excluding carboxylic acids is 1. The first-order valence-corrected chi connectivity index (χ1v) is 19.3. The summed E-state index contributed by atoms with van der Waals surface area (Å²) in [6, 6.07) is 13.1. The van der Waals surface area contributed by atoms with Crippen LogP contribution in [0.4, 0.5) is 0 Å². The fourth-order valence-corrected chi connectivity index (χ4v) is 8.65. The second-order valence-corrected chi connectivity index (χ2v) is 15.1. The molecule has 0 amide bonds. The second-order valence-electron chi connectivity index (χ2n) is 14.1. The summed E-state index contributed by atoms with van der Waals surface area (Å²) in [5.74, 6) is -0.00168. The third kappa shape index (κ3) is 9.93. The number of piperidine rings is 1. The van der Waals surface area contributed by atoms with Crippen LogP contribution in [0.5, 0.6) is 5.75 Å². The minimum absolute atomic E-state index is 0.0741. The average Bonchev–Trinajstić information content (AvgIpc) is 3.52. The van der Waals surface area contributed by atoms with Gasteiger partial charge in [-0.3, -0.25) is 4.79 Å². The maximum Gasteiger partial charge on any atom is 0.343 e. The van der Waals surface area contributed by atoms with Crippen molar-refractivity contribution in [1.29, 1.82) is 0 Å². The van der Waals surface area contributed by atoms with Crippen molar-refractivity contribution in [2.45, 2.75) is 121 Å². The number of rotatable bonds is 18. The van der Waals surface area contributed by atoms with E-state index in [2.05, 4.69) is 9.88 Å². The van der Waals surface area contributed by atoms with Crippen LogP contribution in [0.2, 0.25) is 0 Å². The topological polar surface area (TPSA) is 103 Å². The molecule has 2 aliphatic rings. The molecular weight excluding hydrogens is 609 g/mol. The van der Waals surface area contributed by atoms with Crippen molar-refractivity contribution in [3.8, 4) is 5.75 Å². The van der Waals surface area contributed by atoms with Crippen LogP contribution < -0.4 is 4.87 Å². The maximum atomic E-state index is 13.4. The van der Waals surface area contributed by atoms with Gasteiger partial charge in [0.25, 0.3) is 0 Å². The number of thiazole rings is 1. The number of benzene rings is 2. The zero-order valence-corrected chi connectivity index (χ0v) is 29.0. The summed E-state index contributed by atoms with van der Waals surface area (Å²) in [7, 11) is 0. The molecule has 258 valence electrons. The van der Waals surface area contributed by atoms with Gasteiger partial charge in [-0.1, -0.05) is 118 Å². The number of H-pyrrole nitrogens is 1. The summed E-state index contributed by atoms with van der Waals surface area (Å²) < 4.78 is 6.78. The van der Waals surface area contributed by atoms with Gasteiger partial charge < -0.3 is 24.8 Å². The molecule has 2 aromatic carbocycles. The standard InChI is InChI=1S/C39H56N2O5S/c42-34-23-22-31(36-35(34)40-38(44)47-36)17-11-7-5-3-1-2-4-6-8-16-26-41-27-24-30(25-28-41)29-46-37(43)39(45,32-18-12-9-13-19-32)33-20-14-10-15-21-33/h9,12-13,18-19,22-23,30,33,42,45H,1-8,10-11,14-17,20-21,24-29H2,(H,40,44). The minimum atomic E-state index is -1.54. The SMILES string of the molecule is O=C(OCC1CCN(CCCCCCCCCCCCc2ccc(O)c3[nH]c(=O)sc23)CC1)C(O)(c1ccccc1)C1CCCCC1. The molecule has 1 atom stereocenters. The number of phenolic OH excluding ortho intramolecular Hbond substituents is 1. The highest BCUT2D eigenvalue weighted by molar-refractivity contribution is 7.16. The molecule has 2 fully saturated rings. The van der Waals surface area contributed by atoms with Gasteiger partial charge in [-0.25, -0.2) is 4.79 Å². The highest BCUT2D eigenvalue weighted by Gasteiger charge is 2.47. The van der Waals surface area contributed by atoms with E-state index in [0.717, 1.165) is 81.3 Å². The van der Waals surface area contributed by atoms with Crippen molar-refractivity contribution in [3.63, 3.8) is 0 Å². The molecule has 8 heteroatoms. The quantitative estimate of drug-likeness (QED) is 0.0932. The number of hydrogen-bond donors (Lipinski definition) is 3. The van der Waals surface area contributed by atoms with E-state index in [9.17, 15) is 19.8 Å². The highest BCUT2D eigenvalue weighted by atomic mass is 32.1. The van der Waals surface area contributed by atoms with Crippen molar-refractivity contribution in [2.24, 2.45) is 11.8 Å². The van der Waals surface area contributed by atoms with Gasteiger partial charge in [0, 0.05) is 5.92 Å². The van der Waals surface area contributed by atoms with Gasteiger partial charge in [-0.05, 0) is 87.7 Å². The zero-order chi connectivity index (χ0) is 32.9. The minimum Gasteiger partial charge on any atom is -0.506 e. The number of esters is 1. The first-order chi connectivity index (χ1) is 22.9. The molecule has 0 spiro atoms. The van der Waals surface area contributed by atoms with Crippen molar-refractivity contribution < 1.29 is 19.7 Å². The normalized spacial score (nSPS) is 18.0. The largest absolute Gasteiger partial charge is 0.506 e. The molecule has 5 rings (SSSR count). The highest BCUT2D eigenvalue weighted by Crippen LogP contribution is 2.40. The van der Waals surface area contributed by atoms with Crippen LogP contribution in [0, 0.1) is 11.8 Å². The van der Waals surface area contributed by atoms with Gasteiger partial charge in [0.05, 0.1) is 11.3 Å². The molecule has 0 radical (unpaired) electrons. The molecule has 1 aliphatic carbocycles. The van der Waals surface area contributed by atoms with Crippen molar-refractivity contribution >= 4 is 27.5 Å². The summed E-state index contributed by atoms with van der Waals surface area (Å²) in [5.41, 5.74) is 0.876. The van der Waals surface area contributed by atoms with Gasteiger partial charge in [0.2, 0.25) is 0 Å². The lowest BCUT2D eigenvalue weighted by atomic mass is 9.73. The molecule has 1 unspecified atom stereocenters. The predicted octanol–water partition coefficient (Wildman–Crippen LogP) is 8.46. The van der Waals surface area contributed by atoms with E-state index in [1.54, 1.807) is 6.07 Å². The van der Waals surface area contributed by atoms with Crippen LogP contribution in [0.15, 0.2) is 47.3 Å². The summed E-state index contributed by atoms with van der Waals surface area (Å²) in [4.78, 5) is 30.3. The van der Waals surface area contributed by atoms with Crippen LogP contribution >= 0.6 is 11.3 Å². The Balaban J connectivity index is 0.875. The Labute approximate surface area is 284 Å². The molecule has 1 aromatic heterocycles. The Kier molecular flexibility index (Phi) is 13.8. The Morgan fingerprint density at radius 3 is 2.17 bits per heavy atom. The molecule has 7 nitrogen and oxygen atoms in total. The van der Waals surface area contributed by atoms with Crippen molar-refractivity contribution in [2.75, 3.05) is 26.2 Å². The molecule has 2 heterocycles. The number of nitrogens with one attached hydrogen (secondary N) is 1. The number of fused-ring (bicyclic) bond motifs is 1. The number of aromatic amines is 1. The van der Waals surface area contributed by atoms with E-state index in [1.807, 2.05) is 36.4 Å². The van der Waals surface area contributed by atoms with E-state index < -0.39 is 11.6 Å². The number of unbranched alkanes of at least 4 members (excludes halogenated alkanes) is 9. The van der Waals surface area contributed by atoms with E-state index in [0.29, 0.717) is 23.6 Å². The zero-order valence-electron chi connectivity index (χ0n) is 28.2. The van der Waals surface area contributed by atoms with E-state index in [-0.39, 0.29) is 16.5 Å². The number of aromatic hydroxyl groups is 1. The number of phenols is 1. The fourth-order valence-electron chi connectivity index (χ4n) is 7.75. The number of aliphatic hydroxyl groups is 1. The first kappa shape index (κ1) is 35.6. The average molecular weight is 665 g/mol. The van der Waals surface area contributed by atoms with Crippen molar-refractivity contribution in [1.82, 2.24) is 9.88 Å². The number of ether oxygens (including phenoxy) is 1. The first-order valence-electron chi connectivity index (χ1n) is 18.5. The molecule has 1 saturated heterocycles. The number of aromatic nitrogens is 1. The monoisotopic (exact) mass is 664 g/mol. The summed E-state index contributed by atoms with van der Waals surface area (Å²) in [6.07, 6.45) is 20.8. The smallest absolute Gasteiger partial charge is 0.343 e. The van der Waals surface area contributed by atoms with Gasteiger partial charge in [0.15, 0.2) is 5.60 Å². The Bertz CT molecular complexity index is 1420. The molecule has 47 heavy (non-hydrogen) atoms. The number of likely N-dealkylation sites (tertiary alicyclic amines) is 1. The molecule has 1 aliphatic heterocycles. The number of hydrogen-bond acceptors (Lipinski definition) is 7. The lowest BCUT2D eigenvalue weighted by Gasteiger charge is -2.37. The molecular formula is C39H56N2O5S. The van der Waals surface area contributed by atoms with Gasteiger partial charge in [-0.15, -0.1) is 0 Å². The number of aryl methyl sites for hydroxylation is 1. The van der Waals surface area contributed by atoms with Gasteiger partial charge in [-0.2, -0.15) is 0 Å². The third-order valence-electron chi connectivity index (χ3n) is 10.7. The summed E-state index contributed by atoms with van der Waals surface area (Å²) >= 11 is 1.19. The van der Waals surface area contributed by atoms with E-state index in [1.165, 1.54) is 75.5 Å². The second kappa shape index (κ2) is 18.2. The van der Waals surface area contributed by atoms with Crippen LogP contribution in [-0.2, 0) is 21.6 Å². The van der Waals surface area contributed by atoms with Crippen LogP contribution in [0.3, 0.4) is 0 Å². The maximum absolute atomic E-state index is 13.4. The van der Waals surface area contributed by atoms with Crippen LogP contribution in [0.25, 0.3) is 10.2 Å². The van der Waals surface area contributed by atoms with Gasteiger partial charge >= 0.3 is 10.8 Å². The summed E-state index contributed by atoms with van der Waals surface area (Å²) in [6.45, 7) is 3.70. The number of carbonyl (C=O) groups is 1. The van der Waals surface area contributed by atoms with Crippen molar-refractivity contribution in [3.05, 3.63) is 63.3 Å². The Morgan fingerprint density at radius 2 is 1.49 bits per heavy atom. The lowest BCUT2D eigenvalue weighted by molar-refractivity contribution is -0.177. The molecule has 1 saturated carbocycles. The lowest BCUT2D eigenvalue weighted by Crippen LogP contribution is -2.46. The van der Waals surface area contributed by atoms with E-state index >= 15 is 0 Å². The Hall–Kier alpha value is -2.68. The Morgan fingerprint density at radius 1 is 0.851 bits per heavy atom. The van der Waals surface area contributed by atoms with Crippen LogP contribution in [-0.4, -0.2) is 52.3 Å². The predicted molar refractivity (Wildman–Crippen MR) is 191 cm³/mol. The molecule has 0 bridgehead atoms. The van der Waals surface area contributed by atoms with Gasteiger partial charge in [0.1, 0.15) is 11.3 Å². The summed E-state index contributed by atoms with van der Waals surface area (Å²) in [5, 5.41) is 21.7.